The Morgan fingerprint density at radius 1 is 0.960 bits per heavy atom. The fourth-order valence-electron chi connectivity index (χ4n) is 2.94. The van der Waals surface area contributed by atoms with Crippen molar-refractivity contribution < 1.29 is 9.59 Å². The highest BCUT2D eigenvalue weighted by Crippen LogP contribution is 2.18. The van der Waals surface area contributed by atoms with Gasteiger partial charge in [-0.3, -0.25) is 9.59 Å². The Kier molecular flexibility index (Phi) is 5.38. The Morgan fingerprint density at radius 2 is 1.60 bits per heavy atom. The zero-order valence-corrected chi connectivity index (χ0v) is 14.3. The molecule has 0 unspecified atom stereocenters. The topological polar surface area (TPSA) is 84.0 Å². The molecule has 25 heavy (non-hydrogen) atoms. The van der Waals surface area contributed by atoms with Crippen LogP contribution in [0.4, 0.5) is 11.6 Å². The Bertz CT molecular complexity index is 735. The number of benzene rings is 1. The van der Waals surface area contributed by atoms with Gasteiger partial charge in [-0.2, -0.15) is 0 Å². The van der Waals surface area contributed by atoms with Crippen LogP contribution in [0.1, 0.15) is 59.7 Å². The molecule has 6 heteroatoms. The number of rotatable bonds is 5. The molecule has 1 aliphatic rings. The minimum absolute atomic E-state index is 0.0242. The Labute approximate surface area is 147 Å². The molecular weight excluding hydrogens is 316 g/mol. The summed E-state index contributed by atoms with van der Waals surface area (Å²) in [6, 6.07) is 7.35. The Hall–Kier alpha value is -2.76. The molecule has 1 aromatic heterocycles. The smallest absolute Gasteiger partial charge is 0.254 e. The van der Waals surface area contributed by atoms with Crippen molar-refractivity contribution in [2.45, 2.75) is 45.1 Å². The van der Waals surface area contributed by atoms with Gasteiger partial charge in [0.1, 0.15) is 0 Å². The maximum Gasteiger partial charge on any atom is 0.254 e. The second kappa shape index (κ2) is 7.88. The Morgan fingerprint density at radius 3 is 2.20 bits per heavy atom. The second-order valence-electron chi connectivity index (χ2n) is 6.36. The number of ketones is 1. The lowest BCUT2D eigenvalue weighted by molar-refractivity contribution is 0.0926. The van der Waals surface area contributed by atoms with Crippen molar-refractivity contribution in [1.29, 1.82) is 0 Å². The molecule has 6 nitrogen and oxygen atoms in total. The molecule has 2 N–H and O–H groups in total. The molecule has 1 amide bonds. The monoisotopic (exact) mass is 338 g/mol. The van der Waals surface area contributed by atoms with E-state index < -0.39 is 0 Å². The summed E-state index contributed by atoms with van der Waals surface area (Å²) in [5.41, 5.74) is 1.90. The lowest BCUT2D eigenvalue weighted by atomic mass is 9.95. The zero-order valence-electron chi connectivity index (χ0n) is 14.3. The number of hydrogen-bond acceptors (Lipinski definition) is 5. The van der Waals surface area contributed by atoms with E-state index in [-0.39, 0.29) is 17.7 Å². The van der Waals surface area contributed by atoms with Gasteiger partial charge in [-0.15, -0.1) is 0 Å². The molecule has 0 bridgehead atoms. The van der Waals surface area contributed by atoms with Crippen molar-refractivity contribution in [1.82, 2.24) is 15.3 Å². The summed E-state index contributed by atoms with van der Waals surface area (Å²) in [7, 11) is 0. The van der Waals surface area contributed by atoms with Crippen LogP contribution in [0.2, 0.25) is 0 Å². The number of aromatic nitrogens is 2. The number of nitrogens with zero attached hydrogens (tertiary/aromatic N) is 2. The molecule has 1 heterocycles. The summed E-state index contributed by atoms with van der Waals surface area (Å²) in [6.07, 6.45) is 8.74. The van der Waals surface area contributed by atoms with E-state index >= 15 is 0 Å². The molecule has 0 atom stereocenters. The minimum Gasteiger partial charge on any atom is -0.349 e. The predicted octanol–water partition coefficient (Wildman–Crippen LogP) is 3.49. The van der Waals surface area contributed by atoms with Crippen molar-refractivity contribution in [3.8, 4) is 0 Å². The molecule has 2 aromatic rings. The summed E-state index contributed by atoms with van der Waals surface area (Å²) in [4.78, 5) is 31.9. The van der Waals surface area contributed by atoms with Gasteiger partial charge < -0.3 is 10.6 Å². The standard InChI is InChI=1S/C19H22N4O2/c1-13(24)14-7-9-17(10-8-14)23-19-20-11-15(12-21-19)18(25)22-16-5-3-2-4-6-16/h7-12,16H,2-6H2,1H3,(H,22,25)(H,20,21,23). The SMILES string of the molecule is CC(=O)c1ccc(Nc2ncc(C(=O)NC3CCCCC3)cn2)cc1. The first-order valence-electron chi connectivity index (χ1n) is 8.63. The molecule has 0 saturated heterocycles. The van der Waals surface area contributed by atoms with Crippen LogP contribution in [0.5, 0.6) is 0 Å². The maximum absolute atomic E-state index is 12.2. The van der Waals surface area contributed by atoms with Gasteiger partial charge in [0, 0.05) is 29.7 Å². The summed E-state index contributed by atoms with van der Waals surface area (Å²) < 4.78 is 0. The van der Waals surface area contributed by atoms with E-state index in [0.29, 0.717) is 17.1 Å². The van der Waals surface area contributed by atoms with E-state index in [2.05, 4.69) is 20.6 Å². The first-order valence-corrected chi connectivity index (χ1v) is 8.63. The summed E-state index contributed by atoms with van der Waals surface area (Å²) >= 11 is 0. The van der Waals surface area contributed by atoms with E-state index in [1.54, 1.807) is 24.3 Å². The third-order valence-corrected chi connectivity index (χ3v) is 4.40. The summed E-state index contributed by atoms with van der Waals surface area (Å²) in [6.45, 7) is 1.53. The summed E-state index contributed by atoms with van der Waals surface area (Å²) in [5.74, 6) is 0.310. The fourth-order valence-corrected chi connectivity index (χ4v) is 2.94. The maximum atomic E-state index is 12.2. The molecule has 130 valence electrons. The van der Waals surface area contributed by atoms with Crippen molar-refractivity contribution >= 4 is 23.3 Å². The number of amides is 1. The molecule has 3 rings (SSSR count). The van der Waals surface area contributed by atoms with Gasteiger partial charge >= 0.3 is 0 Å². The highest BCUT2D eigenvalue weighted by atomic mass is 16.1. The van der Waals surface area contributed by atoms with Crippen LogP contribution < -0.4 is 10.6 Å². The van der Waals surface area contributed by atoms with Crippen LogP contribution in [0.15, 0.2) is 36.7 Å². The first kappa shape index (κ1) is 17.1. The average Bonchev–Trinajstić information content (AvgIpc) is 2.63. The normalized spacial score (nSPS) is 14.8. The molecule has 1 aromatic carbocycles. The van der Waals surface area contributed by atoms with Gasteiger partial charge in [-0.1, -0.05) is 19.3 Å². The molecule has 0 spiro atoms. The first-order chi connectivity index (χ1) is 12.1. The van der Waals surface area contributed by atoms with Crippen LogP contribution in [-0.2, 0) is 0 Å². The summed E-state index contributed by atoms with van der Waals surface area (Å²) in [5, 5.41) is 6.10. The third-order valence-electron chi connectivity index (χ3n) is 4.40. The van der Waals surface area contributed by atoms with Crippen LogP contribution in [0, 0.1) is 0 Å². The van der Waals surface area contributed by atoms with Gasteiger partial charge in [-0.25, -0.2) is 9.97 Å². The van der Waals surface area contributed by atoms with Crippen molar-refractivity contribution in [2.75, 3.05) is 5.32 Å². The van der Waals surface area contributed by atoms with E-state index in [4.69, 9.17) is 0 Å². The Balaban J connectivity index is 1.59. The highest BCUT2D eigenvalue weighted by Gasteiger charge is 2.17. The molecule has 1 saturated carbocycles. The van der Waals surface area contributed by atoms with E-state index in [9.17, 15) is 9.59 Å². The highest BCUT2D eigenvalue weighted by molar-refractivity contribution is 5.94. The van der Waals surface area contributed by atoms with Crippen molar-refractivity contribution in [3.05, 3.63) is 47.8 Å². The van der Waals surface area contributed by atoms with Gasteiger partial charge in [0.2, 0.25) is 5.95 Å². The largest absolute Gasteiger partial charge is 0.349 e. The number of nitrogens with one attached hydrogen (secondary N) is 2. The molecular formula is C19H22N4O2. The van der Waals surface area contributed by atoms with Gasteiger partial charge in [0.05, 0.1) is 5.56 Å². The second-order valence-corrected chi connectivity index (χ2v) is 6.36. The van der Waals surface area contributed by atoms with Crippen molar-refractivity contribution in [3.63, 3.8) is 0 Å². The zero-order chi connectivity index (χ0) is 17.6. The van der Waals surface area contributed by atoms with E-state index in [1.807, 2.05) is 0 Å². The number of hydrogen-bond donors (Lipinski definition) is 2. The molecule has 1 fully saturated rings. The molecule has 0 aliphatic heterocycles. The average molecular weight is 338 g/mol. The predicted molar refractivity (Wildman–Crippen MR) is 96.1 cm³/mol. The van der Waals surface area contributed by atoms with Crippen molar-refractivity contribution in [2.24, 2.45) is 0 Å². The number of anilines is 2. The van der Waals surface area contributed by atoms with E-state index in [1.165, 1.54) is 38.6 Å². The van der Waals surface area contributed by atoms with Crippen LogP contribution in [0.3, 0.4) is 0 Å². The van der Waals surface area contributed by atoms with Crippen LogP contribution in [0.25, 0.3) is 0 Å². The fraction of sp³-hybridized carbons (Fsp3) is 0.368. The minimum atomic E-state index is -0.121. The number of carbonyl (C=O) groups is 2. The van der Waals surface area contributed by atoms with E-state index in [0.717, 1.165) is 18.5 Å². The van der Waals surface area contributed by atoms with Crippen LogP contribution in [-0.4, -0.2) is 27.7 Å². The van der Waals surface area contributed by atoms with Gasteiger partial charge in [0.25, 0.3) is 5.91 Å². The molecule has 0 radical (unpaired) electrons. The van der Waals surface area contributed by atoms with Gasteiger partial charge in [-0.05, 0) is 44.0 Å². The van der Waals surface area contributed by atoms with Crippen LogP contribution >= 0.6 is 0 Å². The quantitative estimate of drug-likeness (QED) is 0.815. The molecule has 1 aliphatic carbocycles. The van der Waals surface area contributed by atoms with Gasteiger partial charge in [0.15, 0.2) is 5.78 Å². The third kappa shape index (κ3) is 4.62. The number of Topliss-reactive ketones (excluding diaryl/α,β-unsaturated/α-hetero) is 1. The lowest BCUT2D eigenvalue weighted by Gasteiger charge is -2.22. The number of carbonyl (C=O) groups excluding carboxylic acids is 2. The lowest BCUT2D eigenvalue weighted by Crippen LogP contribution is -2.36.